The Morgan fingerprint density at radius 2 is 2.14 bits per heavy atom. The van der Waals surface area contributed by atoms with Crippen molar-refractivity contribution in [2.75, 3.05) is 6.54 Å². The molecule has 116 valence electrons. The lowest BCUT2D eigenvalue weighted by molar-refractivity contribution is -0.125. The second-order valence-corrected chi connectivity index (χ2v) is 6.04. The minimum Gasteiger partial charge on any atom is -0.354 e. The van der Waals surface area contributed by atoms with Crippen molar-refractivity contribution in [1.82, 2.24) is 10.2 Å². The molecule has 1 aromatic rings. The minimum atomic E-state index is -0.332. The fourth-order valence-electron chi connectivity index (χ4n) is 3.35. The van der Waals surface area contributed by atoms with E-state index in [2.05, 4.69) is 24.4 Å². The van der Waals surface area contributed by atoms with Crippen molar-refractivity contribution in [3.63, 3.8) is 0 Å². The molecule has 1 aromatic carbocycles. The Hall–Kier alpha value is -2.10. The third-order valence-electron chi connectivity index (χ3n) is 4.74. The van der Waals surface area contributed by atoms with E-state index in [-0.39, 0.29) is 17.9 Å². The smallest absolute Gasteiger partial charge is 0.255 e. The number of nitrogens with zero attached hydrogens (tertiary/aromatic N) is 1. The molecule has 0 radical (unpaired) electrons. The van der Waals surface area contributed by atoms with E-state index in [0.717, 1.165) is 41.5 Å². The van der Waals surface area contributed by atoms with Gasteiger partial charge in [-0.25, -0.2) is 0 Å². The zero-order chi connectivity index (χ0) is 15.7. The quantitative estimate of drug-likeness (QED) is 0.912. The maximum Gasteiger partial charge on any atom is 0.255 e. The summed E-state index contributed by atoms with van der Waals surface area (Å²) in [6.07, 6.45) is 4.77. The molecule has 1 saturated heterocycles. The molecule has 22 heavy (non-hydrogen) atoms. The molecule has 2 aliphatic rings. The molecule has 4 heteroatoms. The maximum absolute atomic E-state index is 12.7. The summed E-state index contributed by atoms with van der Waals surface area (Å²) in [4.78, 5) is 26.7. The van der Waals surface area contributed by atoms with Gasteiger partial charge in [-0.1, -0.05) is 18.2 Å². The lowest BCUT2D eigenvalue weighted by atomic mass is 9.98. The van der Waals surface area contributed by atoms with Gasteiger partial charge < -0.3 is 10.2 Å². The average Bonchev–Trinajstić information content (AvgIpc) is 2.72. The van der Waals surface area contributed by atoms with Gasteiger partial charge in [0.05, 0.1) is 0 Å². The maximum atomic E-state index is 12.7. The number of nitrogens with one attached hydrogen (secondary N) is 1. The lowest BCUT2D eigenvalue weighted by Crippen LogP contribution is -2.45. The number of allylic oxidation sites excluding steroid dienone is 2. The van der Waals surface area contributed by atoms with Gasteiger partial charge in [0.2, 0.25) is 5.91 Å². The molecule has 1 atom stereocenters. The Labute approximate surface area is 131 Å². The zero-order valence-corrected chi connectivity index (χ0v) is 13.2. The molecule has 1 N–H and O–H groups in total. The van der Waals surface area contributed by atoms with Crippen LogP contribution in [0, 0.1) is 0 Å². The summed E-state index contributed by atoms with van der Waals surface area (Å²) >= 11 is 0. The van der Waals surface area contributed by atoms with Crippen molar-refractivity contribution in [2.24, 2.45) is 0 Å². The zero-order valence-electron chi connectivity index (χ0n) is 13.2. The van der Waals surface area contributed by atoms with Crippen LogP contribution in [0.3, 0.4) is 0 Å². The highest BCUT2D eigenvalue weighted by molar-refractivity contribution is 6.02. The highest BCUT2D eigenvalue weighted by Gasteiger charge is 2.37. The number of fused-ring (bicyclic) bond motifs is 1. The van der Waals surface area contributed by atoms with E-state index in [0.29, 0.717) is 13.1 Å². The van der Waals surface area contributed by atoms with Gasteiger partial charge in [-0.15, -0.1) is 0 Å². The van der Waals surface area contributed by atoms with E-state index in [1.807, 2.05) is 19.1 Å². The average molecular weight is 298 g/mol. The number of hydrogen-bond donors (Lipinski definition) is 1. The van der Waals surface area contributed by atoms with Gasteiger partial charge in [-0.2, -0.15) is 0 Å². The predicted molar refractivity (Wildman–Crippen MR) is 86.3 cm³/mol. The van der Waals surface area contributed by atoms with Crippen LogP contribution in [0.4, 0.5) is 0 Å². The van der Waals surface area contributed by atoms with Crippen LogP contribution in [0.2, 0.25) is 0 Å². The van der Waals surface area contributed by atoms with E-state index in [1.165, 1.54) is 0 Å². The van der Waals surface area contributed by atoms with Crippen molar-refractivity contribution in [3.05, 3.63) is 41.0 Å². The topological polar surface area (TPSA) is 49.4 Å². The van der Waals surface area contributed by atoms with Crippen molar-refractivity contribution in [2.45, 2.75) is 45.7 Å². The monoisotopic (exact) mass is 298 g/mol. The normalized spacial score (nSPS) is 22.4. The lowest BCUT2D eigenvalue weighted by Gasteiger charge is -2.25. The molecule has 0 aromatic heterocycles. The van der Waals surface area contributed by atoms with Crippen LogP contribution >= 0.6 is 0 Å². The number of hydrogen-bond acceptors (Lipinski definition) is 2. The Morgan fingerprint density at radius 1 is 1.32 bits per heavy atom. The van der Waals surface area contributed by atoms with E-state index >= 15 is 0 Å². The molecule has 0 saturated carbocycles. The fraction of sp³-hybridized carbons (Fsp3) is 0.444. The Bertz CT molecular complexity index is 648. The van der Waals surface area contributed by atoms with E-state index < -0.39 is 0 Å². The second-order valence-electron chi connectivity index (χ2n) is 6.04. The number of carbonyl (C=O) groups is 2. The standard InChI is InChI=1S/C18H22N2O2/c1-3-12(2)13-7-6-8-14-15(13)11-20(18(14)22)16-9-4-5-10-19-17(16)21/h3,6-8,16H,4-5,9-11H2,1-2H3,(H,19,21). The third-order valence-corrected chi connectivity index (χ3v) is 4.74. The van der Waals surface area contributed by atoms with Gasteiger partial charge in [-0.3, -0.25) is 9.59 Å². The highest BCUT2D eigenvalue weighted by Crippen LogP contribution is 2.32. The molecule has 0 spiro atoms. The molecule has 0 bridgehead atoms. The Balaban J connectivity index is 1.95. The summed E-state index contributed by atoms with van der Waals surface area (Å²) in [6, 6.07) is 5.52. The first-order valence-corrected chi connectivity index (χ1v) is 7.97. The van der Waals surface area contributed by atoms with Crippen LogP contribution in [0.25, 0.3) is 5.57 Å². The van der Waals surface area contributed by atoms with Gasteiger partial charge in [-0.05, 0) is 55.9 Å². The molecule has 2 aliphatic heterocycles. The summed E-state index contributed by atoms with van der Waals surface area (Å²) in [5.41, 5.74) is 4.08. The molecule has 2 amide bonds. The molecule has 1 fully saturated rings. The molecule has 4 nitrogen and oxygen atoms in total. The summed E-state index contributed by atoms with van der Waals surface area (Å²) in [6.45, 7) is 5.31. The first-order chi connectivity index (χ1) is 10.6. The van der Waals surface area contributed by atoms with Gasteiger partial charge in [0.15, 0.2) is 0 Å². The van der Waals surface area contributed by atoms with Crippen LogP contribution < -0.4 is 5.32 Å². The Kier molecular flexibility index (Phi) is 4.01. The number of benzene rings is 1. The van der Waals surface area contributed by atoms with Crippen molar-refractivity contribution >= 4 is 17.4 Å². The van der Waals surface area contributed by atoms with Gasteiger partial charge in [0.25, 0.3) is 5.91 Å². The predicted octanol–water partition coefficient (Wildman–Crippen LogP) is 2.73. The first-order valence-electron chi connectivity index (χ1n) is 7.97. The van der Waals surface area contributed by atoms with Crippen molar-refractivity contribution in [3.8, 4) is 0 Å². The largest absolute Gasteiger partial charge is 0.354 e. The van der Waals surface area contributed by atoms with E-state index in [4.69, 9.17) is 0 Å². The molecule has 1 unspecified atom stereocenters. The van der Waals surface area contributed by atoms with E-state index in [9.17, 15) is 9.59 Å². The third kappa shape index (κ3) is 2.43. The van der Waals surface area contributed by atoms with Crippen LogP contribution in [0.5, 0.6) is 0 Å². The first kappa shape index (κ1) is 14.8. The Morgan fingerprint density at radius 3 is 2.91 bits per heavy atom. The molecular weight excluding hydrogens is 276 g/mol. The van der Waals surface area contributed by atoms with Gasteiger partial charge >= 0.3 is 0 Å². The molecule has 2 heterocycles. The van der Waals surface area contributed by atoms with Crippen molar-refractivity contribution in [1.29, 1.82) is 0 Å². The summed E-state index contributed by atoms with van der Waals surface area (Å²) < 4.78 is 0. The second kappa shape index (κ2) is 5.95. The summed E-state index contributed by atoms with van der Waals surface area (Å²) in [5.74, 6) is -0.0224. The molecule has 0 aliphatic carbocycles. The highest BCUT2D eigenvalue weighted by atomic mass is 16.2. The SMILES string of the molecule is CC=C(C)c1cccc2c1CN(C1CCCCNC1=O)C2=O. The summed E-state index contributed by atoms with van der Waals surface area (Å²) in [7, 11) is 0. The van der Waals surface area contributed by atoms with E-state index in [1.54, 1.807) is 4.90 Å². The number of amides is 2. The van der Waals surface area contributed by atoms with Crippen molar-refractivity contribution < 1.29 is 9.59 Å². The van der Waals surface area contributed by atoms with Crippen LogP contribution in [-0.2, 0) is 11.3 Å². The summed E-state index contributed by atoms with van der Waals surface area (Å²) in [5, 5.41) is 2.92. The molecular formula is C18H22N2O2. The number of carbonyl (C=O) groups excluding carboxylic acids is 2. The van der Waals surface area contributed by atoms with Gasteiger partial charge in [0.1, 0.15) is 6.04 Å². The van der Waals surface area contributed by atoms with Crippen LogP contribution in [-0.4, -0.2) is 29.3 Å². The number of rotatable bonds is 2. The van der Waals surface area contributed by atoms with Gasteiger partial charge in [0, 0.05) is 18.7 Å². The van der Waals surface area contributed by atoms with Crippen LogP contribution in [0.1, 0.15) is 54.6 Å². The molecule has 3 rings (SSSR count). The van der Waals surface area contributed by atoms with Crippen LogP contribution in [0.15, 0.2) is 24.3 Å². The minimum absolute atomic E-state index is 0.0111. The fourth-order valence-corrected chi connectivity index (χ4v) is 3.35.